The van der Waals surface area contributed by atoms with E-state index in [-0.39, 0.29) is 17.0 Å². The third-order valence-corrected chi connectivity index (χ3v) is 3.84. The van der Waals surface area contributed by atoms with Crippen molar-refractivity contribution in [2.24, 2.45) is 7.05 Å². The first-order valence-electron chi connectivity index (χ1n) is 8.03. The van der Waals surface area contributed by atoms with E-state index in [1.807, 2.05) is 0 Å². The summed E-state index contributed by atoms with van der Waals surface area (Å²) >= 11 is 0. The molecule has 0 N–H and O–H groups in total. The monoisotopic (exact) mass is 416 g/mol. The predicted octanol–water partition coefficient (Wildman–Crippen LogP) is 3.17. The average molecular weight is 416 g/mol. The van der Waals surface area contributed by atoms with Crippen LogP contribution in [-0.2, 0) is 19.8 Å². The van der Waals surface area contributed by atoms with Crippen LogP contribution in [0.25, 0.3) is 5.69 Å². The zero-order chi connectivity index (χ0) is 21.2. The maximum absolute atomic E-state index is 13.2. The minimum Gasteiger partial charge on any atom is -0.488 e. The largest absolute Gasteiger partial charge is 0.488 e. The molecular weight excluding hydrogens is 403 g/mol. The maximum Gasteiger partial charge on any atom is 0.419 e. The zero-order valence-corrected chi connectivity index (χ0v) is 14.7. The molecule has 0 aliphatic heterocycles. The number of halogens is 5. The molecule has 7 nitrogen and oxygen atoms in total. The van der Waals surface area contributed by atoms with Crippen molar-refractivity contribution in [3.05, 3.63) is 64.1 Å². The highest BCUT2D eigenvalue weighted by Crippen LogP contribution is 2.37. The lowest BCUT2D eigenvalue weighted by molar-refractivity contribution is -0.139. The molecule has 0 aliphatic rings. The molecule has 1 heterocycles. The first-order valence-corrected chi connectivity index (χ1v) is 8.03. The minimum atomic E-state index is -4.68. The number of para-hydroxylation sites is 1. The summed E-state index contributed by atoms with van der Waals surface area (Å²) in [6, 6.07) is 8.28. The number of tetrazole rings is 1. The van der Waals surface area contributed by atoms with E-state index in [4.69, 9.17) is 4.74 Å². The highest BCUT2D eigenvalue weighted by Gasteiger charge is 2.34. The van der Waals surface area contributed by atoms with Crippen molar-refractivity contribution in [2.75, 3.05) is 0 Å². The van der Waals surface area contributed by atoms with Crippen LogP contribution in [0.5, 0.6) is 11.5 Å². The summed E-state index contributed by atoms with van der Waals surface area (Å²) in [5.74, 6) is -0.885. The van der Waals surface area contributed by atoms with Gasteiger partial charge in [-0.25, -0.2) is 4.79 Å². The second kappa shape index (κ2) is 7.89. The van der Waals surface area contributed by atoms with Gasteiger partial charge in [-0.1, -0.05) is 18.2 Å². The number of alkyl halides is 5. The molecule has 29 heavy (non-hydrogen) atoms. The summed E-state index contributed by atoms with van der Waals surface area (Å²) in [7, 11) is 1.32. The molecule has 1 aromatic heterocycles. The second-order valence-corrected chi connectivity index (χ2v) is 5.71. The van der Waals surface area contributed by atoms with Gasteiger partial charge in [0.1, 0.15) is 18.1 Å². The van der Waals surface area contributed by atoms with Crippen molar-refractivity contribution >= 4 is 0 Å². The van der Waals surface area contributed by atoms with Crippen LogP contribution in [0.15, 0.2) is 47.3 Å². The number of rotatable bonds is 6. The minimum absolute atomic E-state index is 0.0225. The van der Waals surface area contributed by atoms with Crippen LogP contribution in [0.1, 0.15) is 11.1 Å². The highest BCUT2D eigenvalue weighted by molar-refractivity contribution is 5.49. The summed E-state index contributed by atoms with van der Waals surface area (Å²) in [4.78, 5) is 12.1. The van der Waals surface area contributed by atoms with Gasteiger partial charge in [0.05, 0.1) is 16.8 Å². The lowest BCUT2D eigenvalue weighted by Gasteiger charge is -2.17. The molecule has 0 saturated carbocycles. The van der Waals surface area contributed by atoms with Crippen molar-refractivity contribution in [1.29, 1.82) is 0 Å². The third-order valence-electron chi connectivity index (χ3n) is 3.84. The topological polar surface area (TPSA) is 71.2 Å². The maximum atomic E-state index is 13.2. The van der Waals surface area contributed by atoms with Gasteiger partial charge in [0.2, 0.25) is 0 Å². The molecule has 12 heteroatoms. The van der Waals surface area contributed by atoms with Crippen LogP contribution in [-0.4, -0.2) is 26.4 Å². The SMILES string of the molecule is Cn1nnn(-c2cccc(OC(F)F)c2COc2ccccc2C(F)(F)F)c1=O. The van der Waals surface area contributed by atoms with E-state index in [0.29, 0.717) is 0 Å². The van der Waals surface area contributed by atoms with E-state index in [2.05, 4.69) is 15.2 Å². The first-order chi connectivity index (χ1) is 13.7. The number of aromatic nitrogens is 4. The zero-order valence-electron chi connectivity index (χ0n) is 14.7. The van der Waals surface area contributed by atoms with E-state index < -0.39 is 36.4 Å². The van der Waals surface area contributed by atoms with E-state index in [9.17, 15) is 26.7 Å². The first kappa shape index (κ1) is 20.3. The predicted molar refractivity (Wildman–Crippen MR) is 89.0 cm³/mol. The summed E-state index contributed by atoms with van der Waals surface area (Å²) in [6.45, 7) is -3.81. The van der Waals surface area contributed by atoms with E-state index in [1.165, 1.54) is 37.4 Å². The third kappa shape index (κ3) is 4.36. The Balaban J connectivity index is 2.04. The molecule has 0 bridgehead atoms. The van der Waals surface area contributed by atoms with Crippen molar-refractivity contribution in [3.63, 3.8) is 0 Å². The van der Waals surface area contributed by atoms with Gasteiger partial charge < -0.3 is 9.47 Å². The normalized spacial score (nSPS) is 11.7. The molecule has 2 aromatic carbocycles. The van der Waals surface area contributed by atoms with Gasteiger partial charge in [0.15, 0.2) is 0 Å². The Labute approximate surface area is 159 Å². The molecule has 0 fully saturated rings. The average Bonchev–Trinajstić information content (AvgIpc) is 2.98. The number of hydrogen-bond donors (Lipinski definition) is 0. The highest BCUT2D eigenvalue weighted by atomic mass is 19.4. The summed E-state index contributed by atoms with van der Waals surface area (Å²) in [5, 5.41) is 7.14. The number of aryl methyl sites for hydroxylation is 1. The number of benzene rings is 2. The van der Waals surface area contributed by atoms with Crippen LogP contribution in [0, 0.1) is 0 Å². The molecule has 0 unspecified atom stereocenters. The Bertz CT molecular complexity index is 1060. The fourth-order valence-corrected chi connectivity index (χ4v) is 2.55. The molecule has 0 aliphatic carbocycles. The van der Waals surface area contributed by atoms with E-state index in [1.54, 1.807) is 0 Å². The molecule has 0 amide bonds. The Kier molecular flexibility index (Phi) is 5.52. The van der Waals surface area contributed by atoms with Crippen LogP contribution in [0.3, 0.4) is 0 Å². The molecule has 0 spiro atoms. The molecule has 3 rings (SSSR count). The van der Waals surface area contributed by atoms with Crippen molar-refractivity contribution in [3.8, 4) is 17.2 Å². The second-order valence-electron chi connectivity index (χ2n) is 5.71. The fraction of sp³-hybridized carbons (Fsp3) is 0.235. The van der Waals surface area contributed by atoms with Crippen LogP contribution in [0.2, 0.25) is 0 Å². The number of ether oxygens (including phenoxy) is 2. The molecule has 154 valence electrons. The van der Waals surface area contributed by atoms with Crippen molar-refractivity contribution in [2.45, 2.75) is 19.4 Å². The molecular formula is C17H13F5N4O3. The standard InChI is InChI=1S/C17H13F5N4O3/c1-25-16(27)26(24-23-25)12-6-4-8-13(29-15(18)19)10(12)9-28-14-7-3-2-5-11(14)17(20,21)22/h2-8,15H,9H2,1H3. The van der Waals surface area contributed by atoms with Crippen LogP contribution in [0.4, 0.5) is 22.0 Å². The van der Waals surface area contributed by atoms with Crippen molar-refractivity contribution < 1.29 is 31.4 Å². The van der Waals surface area contributed by atoms with Gasteiger partial charge in [0, 0.05) is 7.05 Å². The Morgan fingerprint density at radius 2 is 1.72 bits per heavy atom. The molecule has 3 aromatic rings. The summed E-state index contributed by atoms with van der Waals surface area (Å²) in [5.41, 5.74) is -1.86. The van der Waals surface area contributed by atoms with Crippen LogP contribution >= 0.6 is 0 Å². The lowest BCUT2D eigenvalue weighted by atomic mass is 10.1. The van der Waals surface area contributed by atoms with E-state index in [0.717, 1.165) is 21.5 Å². The number of nitrogens with zero attached hydrogens (tertiary/aromatic N) is 4. The summed E-state index contributed by atoms with van der Waals surface area (Å²) in [6.07, 6.45) is -4.68. The Hall–Kier alpha value is -3.44. The fourth-order valence-electron chi connectivity index (χ4n) is 2.55. The van der Waals surface area contributed by atoms with Gasteiger partial charge in [0.25, 0.3) is 0 Å². The molecule has 0 radical (unpaired) electrons. The van der Waals surface area contributed by atoms with E-state index >= 15 is 0 Å². The van der Waals surface area contributed by atoms with Gasteiger partial charge in [-0.05, 0) is 34.7 Å². The van der Waals surface area contributed by atoms with Gasteiger partial charge >= 0.3 is 18.5 Å². The Morgan fingerprint density at radius 3 is 2.34 bits per heavy atom. The Morgan fingerprint density at radius 1 is 1.03 bits per heavy atom. The van der Waals surface area contributed by atoms with Gasteiger partial charge in [-0.2, -0.15) is 31.3 Å². The summed E-state index contributed by atoms with van der Waals surface area (Å²) < 4.78 is 76.4. The molecule has 0 atom stereocenters. The smallest absolute Gasteiger partial charge is 0.419 e. The van der Waals surface area contributed by atoms with Crippen molar-refractivity contribution in [1.82, 2.24) is 19.8 Å². The lowest BCUT2D eigenvalue weighted by Crippen LogP contribution is -2.23. The quantitative estimate of drug-likeness (QED) is 0.578. The van der Waals surface area contributed by atoms with Gasteiger partial charge in [-0.3, -0.25) is 0 Å². The van der Waals surface area contributed by atoms with Gasteiger partial charge in [-0.15, -0.1) is 0 Å². The number of hydrogen-bond acceptors (Lipinski definition) is 5. The van der Waals surface area contributed by atoms with Crippen LogP contribution < -0.4 is 15.2 Å². The molecule has 0 saturated heterocycles.